The summed E-state index contributed by atoms with van der Waals surface area (Å²) >= 11 is 0. The third-order valence-electron chi connectivity index (χ3n) is 2.54. The number of carbonyl (C=O) groups excluding carboxylic acids is 1. The van der Waals surface area contributed by atoms with E-state index in [1.54, 1.807) is 31.2 Å². The summed E-state index contributed by atoms with van der Waals surface area (Å²) in [6.07, 6.45) is 0.0912. The Bertz CT molecular complexity index is 443. The van der Waals surface area contributed by atoms with E-state index in [-0.39, 0.29) is 18.4 Å². The summed E-state index contributed by atoms with van der Waals surface area (Å²) in [6.45, 7) is 1.86. The molecule has 0 aromatic heterocycles. The van der Waals surface area contributed by atoms with Gasteiger partial charge < -0.3 is 10.4 Å². The van der Waals surface area contributed by atoms with Gasteiger partial charge in [0.2, 0.25) is 0 Å². The number of anilines is 1. The number of carboxylic acids is 1. The lowest BCUT2D eigenvalue weighted by atomic mass is 9.98. The number of amides is 2. The van der Waals surface area contributed by atoms with Crippen LogP contribution >= 0.6 is 0 Å². The lowest BCUT2D eigenvalue weighted by molar-refractivity contribution is -0.137. The SMILES string of the molecule is CC(CC(=O)O)c1ccc(NC(=O)NN(C)C)cc1. The molecule has 0 heterocycles. The Hall–Kier alpha value is -2.08. The van der Waals surface area contributed by atoms with Crippen molar-refractivity contribution >= 4 is 17.7 Å². The molecule has 6 nitrogen and oxygen atoms in total. The number of carbonyl (C=O) groups is 2. The highest BCUT2D eigenvalue weighted by molar-refractivity contribution is 5.88. The zero-order chi connectivity index (χ0) is 14.4. The zero-order valence-electron chi connectivity index (χ0n) is 11.3. The zero-order valence-corrected chi connectivity index (χ0v) is 11.3. The highest BCUT2D eigenvalue weighted by atomic mass is 16.4. The smallest absolute Gasteiger partial charge is 0.333 e. The molecule has 0 bridgehead atoms. The van der Waals surface area contributed by atoms with Gasteiger partial charge in [0, 0.05) is 19.8 Å². The van der Waals surface area contributed by atoms with Crippen LogP contribution in [0.5, 0.6) is 0 Å². The van der Waals surface area contributed by atoms with Gasteiger partial charge in [0.25, 0.3) is 0 Å². The molecule has 1 atom stereocenters. The van der Waals surface area contributed by atoms with E-state index in [0.29, 0.717) is 5.69 Å². The third-order valence-corrected chi connectivity index (χ3v) is 2.54. The fourth-order valence-corrected chi connectivity index (χ4v) is 1.64. The van der Waals surface area contributed by atoms with Crippen molar-refractivity contribution in [3.8, 4) is 0 Å². The molecule has 0 saturated carbocycles. The van der Waals surface area contributed by atoms with E-state index in [1.807, 2.05) is 19.1 Å². The molecule has 0 fully saturated rings. The van der Waals surface area contributed by atoms with Gasteiger partial charge in [-0.3, -0.25) is 10.2 Å². The number of hydrogen-bond acceptors (Lipinski definition) is 3. The molecule has 3 N–H and O–H groups in total. The molecule has 0 aliphatic rings. The van der Waals surface area contributed by atoms with Crippen molar-refractivity contribution in [2.24, 2.45) is 0 Å². The summed E-state index contributed by atoms with van der Waals surface area (Å²) in [6, 6.07) is 6.82. The van der Waals surface area contributed by atoms with E-state index in [4.69, 9.17) is 5.11 Å². The van der Waals surface area contributed by atoms with Gasteiger partial charge in [0.05, 0.1) is 6.42 Å². The molecule has 1 aromatic rings. The molecular weight excluding hydrogens is 246 g/mol. The van der Waals surface area contributed by atoms with Gasteiger partial charge >= 0.3 is 12.0 Å². The molecule has 0 aliphatic carbocycles. The first kappa shape index (κ1) is 15.0. The Morgan fingerprint density at radius 1 is 1.26 bits per heavy atom. The van der Waals surface area contributed by atoms with Gasteiger partial charge in [-0.05, 0) is 23.6 Å². The predicted molar refractivity (Wildman–Crippen MR) is 73.0 cm³/mol. The number of aliphatic carboxylic acids is 1. The van der Waals surface area contributed by atoms with Crippen LogP contribution in [0.1, 0.15) is 24.8 Å². The van der Waals surface area contributed by atoms with Crippen LogP contribution in [0.15, 0.2) is 24.3 Å². The van der Waals surface area contributed by atoms with E-state index in [0.717, 1.165) is 5.56 Å². The average Bonchev–Trinajstić information content (AvgIpc) is 2.27. The maximum Gasteiger partial charge on any atom is 0.333 e. The first-order chi connectivity index (χ1) is 8.88. The number of urea groups is 1. The van der Waals surface area contributed by atoms with Crippen molar-refractivity contribution in [3.05, 3.63) is 29.8 Å². The van der Waals surface area contributed by atoms with Gasteiger partial charge in [0.1, 0.15) is 0 Å². The summed E-state index contributed by atoms with van der Waals surface area (Å²) in [5, 5.41) is 12.9. The summed E-state index contributed by atoms with van der Waals surface area (Å²) < 4.78 is 0. The van der Waals surface area contributed by atoms with Crippen LogP contribution < -0.4 is 10.7 Å². The second-order valence-electron chi connectivity index (χ2n) is 4.58. The van der Waals surface area contributed by atoms with Crippen molar-refractivity contribution in [1.29, 1.82) is 0 Å². The number of hydrazine groups is 1. The molecule has 1 aromatic carbocycles. The molecule has 1 rings (SSSR count). The van der Waals surface area contributed by atoms with Crippen LogP contribution in [0.3, 0.4) is 0 Å². The second-order valence-corrected chi connectivity index (χ2v) is 4.58. The van der Waals surface area contributed by atoms with E-state index in [2.05, 4.69) is 10.7 Å². The Labute approximate surface area is 112 Å². The van der Waals surface area contributed by atoms with Crippen molar-refractivity contribution in [2.45, 2.75) is 19.3 Å². The van der Waals surface area contributed by atoms with Crippen LogP contribution in [0.25, 0.3) is 0 Å². The number of nitrogens with zero attached hydrogens (tertiary/aromatic N) is 1. The van der Waals surface area contributed by atoms with Crippen molar-refractivity contribution in [2.75, 3.05) is 19.4 Å². The van der Waals surface area contributed by atoms with Gasteiger partial charge in [-0.25, -0.2) is 9.80 Å². The quantitative estimate of drug-likeness (QED) is 0.710. The summed E-state index contributed by atoms with van der Waals surface area (Å²) in [4.78, 5) is 22.1. The Kier molecular flexibility index (Phi) is 5.32. The minimum Gasteiger partial charge on any atom is -0.481 e. The lowest BCUT2D eigenvalue weighted by Gasteiger charge is -2.14. The van der Waals surface area contributed by atoms with Crippen LogP contribution in [0, 0.1) is 0 Å². The van der Waals surface area contributed by atoms with Gasteiger partial charge in [0.15, 0.2) is 0 Å². The normalized spacial score (nSPS) is 12.0. The number of carboxylic acid groups (broad SMARTS) is 1. The van der Waals surface area contributed by atoms with Crippen molar-refractivity contribution in [1.82, 2.24) is 10.4 Å². The maximum absolute atomic E-state index is 11.4. The summed E-state index contributed by atoms with van der Waals surface area (Å²) in [7, 11) is 3.44. The molecule has 1 unspecified atom stereocenters. The third kappa shape index (κ3) is 5.39. The lowest BCUT2D eigenvalue weighted by Crippen LogP contribution is -2.39. The van der Waals surface area contributed by atoms with Gasteiger partial charge in [-0.2, -0.15) is 0 Å². The van der Waals surface area contributed by atoms with Gasteiger partial charge in [-0.1, -0.05) is 19.1 Å². The molecule has 0 spiro atoms. The van der Waals surface area contributed by atoms with Crippen LogP contribution in [0.2, 0.25) is 0 Å². The molecule has 2 amide bonds. The van der Waals surface area contributed by atoms with Crippen LogP contribution in [0.4, 0.5) is 10.5 Å². The van der Waals surface area contributed by atoms with E-state index in [1.165, 1.54) is 0 Å². The highest BCUT2D eigenvalue weighted by Crippen LogP contribution is 2.20. The van der Waals surface area contributed by atoms with Crippen molar-refractivity contribution < 1.29 is 14.7 Å². The largest absolute Gasteiger partial charge is 0.481 e. The molecule has 0 saturated heterocycles. The van der Waals surface area contributed by atoms with E-state index < -0.39 is 5.97 Å². The number of rotatable bonds is 5. The Morgan fingerprint density at radius 3 is 2.32 bits per heavy atom. The number of benzene rings is 1. The molecule has 19 heavy (non-hydrogen) atoms. The maximum atomic E-state index is 11.4. The summed E-state index contributed by atoms with van der Waals surface area (Å²) in [5.74, 6) is -0.873. The molecule has 0 aliphatic heterocycles. The first-order valence-electron chi connectivity index (χ1n) is 5.95. The molecular formula is C13H19N3O3. The first-order valence-corrected chi connectivity index (χ1v) is 5.95. The molecule has 0 radical (unpaired) electrons. The Morgan fingerprint density at radius 2 is 1.84 bits per heavy atom. The van der Waals surface area contributed by atoms with Crippen LogP contribution in [-0.4, -0.2) is 36.2 Å². The minimum absolute atomic E-state index is 0.0536. The topological polar surface area (TPSA) is 81.7 Å². The number of hydrogen-bond donors (Lipinski definition) is 3. The second kappa shape index (κ2) is 6.75. The van der Waals surface area contributed by atoms with Crippen molar-refractivity contribution in [3.63, 3.8) is 0 Å². The van der Waals surface area contributed by atoms with E-state index in [9.17, 15) is 9.59 Å². The fraction of sp³-hybridized carbons (Fsp3) is 0.385. The van der Waals surface area contributed by atoms with Gasteiger partial charge in [-0.15, -0.1) is 0 Å². The predicted octanol–water partition coefficient (Wildman–Crippen LogP) is 1.86. The fourth-order valence-electron chi connectivity index (χ4n) is 1.64. The summed E-state index contributed by atoms with van der Waals surface area (Å²) in [5.41, 5.74) is 4.15. The van der Waals surface area contributed by atoms with Crippen LogP contribution in [-0.2, 0) is 4.79 Å². The van der Waals surface area contributed by atoms with E-state index >= 15 is 0 Å². The number of nitrogens with one attached hydrogen (secondary N) is 2. The minimum atomic E-state index is -0.819. The monoisotopic (exact) mass is 265 g/mol. The standard InChI is InChI=1S/C13H19N3O3/c1-9(8-12(17)18)10-4-6-11(7-5-10)14-13(19)15-16(2)3/h4-7,9H,8H2,1-3H3,(H,17,18)(H2,14,15,19). The molecule has 6 heteroatoms. The molecule has 104 valence electrons. The average molecular weight is 265 g/mol. The Balaban J connectivity index is 2.61. The highest BCUT2D eigenvalue weighted by Gasteiger charge is 2.10.